The van der Waals surface area contributed by atoms with Gasteiger partial charge in [-0.3, -0.25) is 4.79 Å². The van der Waals surface area contributed by atoms with Crippen LogP contribution in [0.5, 0.6) is 5.75 Å². The highest BCUT2D eigenvalue weighted by Crippen LogP contribution is 2.47. The molecule has 1 saturated carbocycles. The van der Waals surface area contributed by atoms with Crippen molar-refractivity contribution in [2.45, 2.75) is 68.5 Å². The summed E-state index contributed by atoms with van der Waals surface area (Å²) in [6.45, 7) is 9.60. The fourth-order valence-electron chi connectivity index (χ4n) is 7.35. The van der Waals surface area contributed by atoms with Crippen molar-refractivity contribution >= 4 is 29.2 Å². The Morgan fingerprint density at radius 1 is 1.24 bits per heavy atom. The van der Waals surface area contributed by atoms with Gasteiger partial charge in [0, 0.05) is 37.1 Å². The lowest BCUT2D eigenvalue weighted by Crippen LogP contribution is -2.49. The summed E-state index contributed by atoms with van der Waals surface area (Å²) in [5.41, 5.74) is 0.457. The number of aliphatic hydroxyl groups excluding tert-OH is 1. The summed E-state index contributed by atoms with van der Waals surface area (Å²) in [4.78, 5) is 29.4. The summed E-state index contributed by atoms with van der Waals surface area (Å²) in [5.74, 6) is -1.07. The molecule has 1 amide bonds. The predicted molar refractivity (Wildman–Crippen MR) is 176 cm³/mol. The molecule has 1 heterocycles. The maximum absolute atomic E-state index is 13.1. The molecule has 1 spiro atoms. The number of aliphatic hydroxyl groups is 2. The highest BCUT2D eigenvalue weighted by atomic mass is 35.5. The number of allylic oxidation sites excluding steroid dienone is 1. The van der Waals surface area contributed by atoms with Gasteiger partial charge in [0.25, 0.3) is 0 Å². The molecule has 5 rings (SSSR count). The summed E-state index contributed by atoms with van der Waals surface area (Å²) in [7, 11) is 1.61. The first kappa shape index (κ1) is 33.0. The molecule has 2 aromatic rings. The first-order valence-electron chi connectivity index (χ1n) is 15.9. The highest BCUT2D eigenvalue weighted by Gasteiger charge is 2.46. The lowest BCUT2D eigenvalue weighted by Gasteiger charge is -2.45. The van der Waals surface area contributed by atoms with Crippen molar-refractivity contribution < 1.29 is 29.6 Å². The number of anilines is 1. The van der Waals surface area contributed by atoms with E-state index in [9.17, 15) is 24.9 Å². The van der Waals surface area contributed by atoms with Crippen LogP contribution in [0.1, 0.15) is 61.6 Å². The zero-order valence-corrected chi connectivity index (χ0v) is 26.8. The van der Waals surface area contributed by atoms with E-state index in [0.717, 1.165) is 38.5 Å². The van der Waals surface area contributed by atoms with Crippen LogP contribution in [0, 0.1) is 11.8 Å². The van der Waals surface area contributed by atoms with Crippen LogP contribution in [0.3, 0.4) is 0 Å². The molecule has 9 heteroatoms. The van der Waals surface area contributed by atoms with Crippen molar-refractivity contribution in [3.63, 3.8) is 0 Å². The average molecular weight is 637 g/mol. The van der Waals surface area contributed by atoms with Crippen LogP contribution in [0.4, 0.5) is 5.69 Å². The Morgan fingerprint density at radius 3 is 2.73 bits per heavy atom. The van der Waals surface area contributed by atoms with E-state index in [0.29, 0.717) is 49.1 Å². The number of halogens is 1. The summed E-state index contributed by atoms with van der Waals surface area (Å²) >= 11 is 6.39. The smallest absolute Gasteiger partial charge is 0.340 e. The number of benzene rings is 2. The number of carboxylic acids is 1. The Hall–Kier alpha value is -3.33. The van der Waals surface area contributed by atoms with Gasteiger partial charge in [0.05, 0.1) is 24.8 Å². The van der Waals surface area contributed by atoms with E-state index in [1.165, 1.54) is 16.0 Å². The number of ether oxygens (including phenoxy) is 1. The fraction of sp³-hybridized carbons (Fsp3) is 0.500. The molecule has 2 aromatic carbocycles. The molecular formula is C36H45ClN2O6. The zero-order chi connectivity index (χ0) is 32.4. The summed E-state index contributed by atoms with van der Waals surface area (Å²) in [5, 5.41) is 33.2. The minimum Gasteiger partial charge on any atom is -0.490 e. The van der Waals surface area contributed by atoms with Crippen LogP contribution in [0.15, 0.2) is 61.7 Å². The lowest BCUT2D eigenvalue weighted by molar-refractivity contribution is -0.164. The number of fused-ring (bicyclic) bond motifs is 3. The second-order valence-electron chi connectivity index (χ2n) is 13.1. The Balaban J connectivity index is 1.52. The first-order valence-corrected chi connectivity index (χ1v) is 16.3. The molecule has 1 fully saturated rings. The van der Waals surface area contributed by atoms with Gasteiger partial charge in [-0.2, -0.15) is 0 Å². The van der Waals surface area contributed by atoms with Crippen molar-refractivity contribution in [1.82, 2.24) is 4.90 Å². The van der Waals surface area contributed by atoms with E-state index in [1.807, 2.05) is 12.1 Å². The number of nitrogens with zero attached hydrogens (tertiary/aromatic N) is 2. The monoisotopic (exact) mass is 636 g/mol. The third-order valence-corrected chi connectivity index (χ3v) is 10.4. The van der Waals surface area contributed by atoms with E-state index >= 15 is 0 Å². The quantitative estimate of drug-likeness (QED) is 0.209. The van der Waals surface area contributed by atoms with Crippen LogP contribution in [0.2, 0.25) is 5.02 Å². The SMILES string of the molecule is C=CCCCN(C)C(=O)CC(O)(C(=O)O)c1ccc2c(c1)N(C[C@@H]1CC[C@H]1C(O)C=C)C[C@@]1(CCCc3cc(Cl)ccc31)CO2. The Bertz CT molecular complexity index is 1450. The van der Waals surface area contributed by atoms with Gasteiger partial charge < -0.3 is 29.9 Å². The molecule has 3 N–H and O–H groups in total. The molecule has 242 valence electrons. The van der Waals surface area contributed by atoms with Crippen LogP contribution in [0.25, 0.3) is 0 Å². The first-order chi connectivity index (χ1) is 21.5. The minimum absolute atomic E-state index is 0.0805. The van der Waals surface area contributed by atoms with Gasteiger partial charge >= 0.3 is 5.97 Å². The topological polar surface area (TPSA) is 111 Å². The van der Waals surface area contributed by atoms with E-state index in [1.54, 1.807) is 37.4 Å². The second-order valence-corrected chi connectivity index (χ2v) is 13.5. The number of unbranched alkanes of at least 4 members (excludes halogenated alkanes) is 1. The number of aliphatic carboxylic acids is 1. The number of hydrogen-bond donors (Lipinski definition) is 3. The number of rotatable bonds is 12. The van der Waals surface area contributed by atoms with E-state index in [2.05, 4.69) is 24.1 Å². The molecule has 45 heavy (non-hydrogen) atoms. The van der Waals surface area contributed by atoms with E-state index < -0.39 is 30.0 Å². The summed E-state index contributed by atoms with van der Waals surface area (Å²) in [6.07, 6.45) is 8.27. The molecule has 2 aliphatic carbocycles. The third-order valence-electron chi connectivity index (χ3n) is 10.2. The molecule has 3 aliphatic rings. The van der Waals surface area contributed by atoms with Gasteiger partial charge in [-0.15, -0.1) is 13.2 Å². The highest BCUT2D eigenvalue weighted by molar-refractivity contribution is 6.30. The van der Waals surface area contributed by atoms with Crippen LogP contribution in [-0.4, -0.2) is 71.5 Å². The Morgan fingerprint density at radius 2 is 2.04 bits per heavy atom. The molecule has 0 radical (unpaired) electrons. The number of hydrogen-bond acceptors (Lipinski definition) is 6. The summed E-state index contributed by atoms with van der Waals surface area (Å²) in [6, 6.07) is 11.0. The maximum Gasteiger partial charge on any atom is 0.340 e. The van der Waals surface area contributed by atoms with Crippen molar-refractivity contribution in [3.8, 4) is 5.75 Å². The van der Waals surface area contributed by atoms with Crippen LogP contribution >= 0.6 is 11.6 Å². The number of carboxylic acid groups (broad SMARTS) is 1. The largest absolute Gasteiger partial charge is 0.490 e. The maximum atomic E-state index is 13.1. The van der Waals surface area contributed by atoms with Gasteiger partial charge in [-0.25, -0.2) is 4.79 Å². The van der Waals surface area contributed by atoms with Crippen molar-refractivity contribution in [3.05, 3.63) is 83.4 Å². The van der Waals surface area contributed by atoms with Gasteiger partial charge in [-0.05, 0) is 97.7 Å². The van der Waals surface area contributed by atoms with Gasteiger partial charge in [0.2, 0.25) is 5.91 Å². The minimum atomic E-state index is -2.43. The molecule has 0 saturated heterocycles. The molecular weight excluding hydrogens is 592 g/mol. The molecule has 1 aliphatic heterocycles. The van der Waals surface area contributed by atoms with Gasteiger partial charge in [0.15, 0.2) is 5.60 Å². The van der Waals surface area contributed by atoms with Crippen molar-refractivity contribution in [1.29, 1.82) is 0 Å². The Labute approximate surface area is 270 Å². The molecule has 0 aromatic heterocycles. The number of carbonyl (C=O) groups is 2. The van der Waals surface area contributed by atoms with Gasteiger partial charge in [0.1, 0.15) is 5.75 Å². The van der Waals surface area contributed by atoms with Crippen LogP contribution < -0.4 is 9.64 Å². The van der Waals surface area contributed by atoms with Crippen LogP contribution in [-0.2, 0) is 27.0 Å². The van der Waals surface area contributed by atoms with Gasteiger partial charge in [-0.1, -0.05) is 35.9 Å². The number of aryl methyl sites for hydroxylation is 1. The molecule has 0 bridgehead atoms. The number of carbonyl (C=O) groups excluding carboxylic acids is 1. The average Bonchev–Trinajstić information content (AvgIpc) is 3.15. The van der Waals surface area contributed by atoms with Crippen molar-refractivity contribution in [2.75, 3.05) is 38.2 Å². The predicted octanol–water partition coefficient (Wildman–Crippen LogP) is 5.47. The lowest BCUT2D eigenvalue weighted by atomic mass is 9.68. The molecule has 8 nitrogen and oxygen atoms in total. The van der Waals surface area contributed by atoms with Crippen molar-refractivity contribution in [2.24, 2.45) is 11.8 Å². The normalized spacial score (nSPS) is 24.1. The summed E-state index contributed by atoms with van der Waals surface area (Å²) < 4.78 is 6.54. The number of amides is 1. The fourth-order valence-corrected chi connectivity index (χ4v) is 7.55. The van der Waals surface area contributed by atoms with E-state index in [4.69, 9.17) is 16.3 Å². The molecule has 5 atom stereocenters. The third kappa shape index (κ3) is 6.64. The standard InChI is InChI=1S/C36H45ClN2O6/c1-4-6-7-17-38(3)33(41)20-36(44,34(42)43)26-11-15-32-30(19-26)39(21-25-10-13-28(25)31(40)5-2)22-35(23-45-32)16-8-9-24-18-27(37)12-14-29(24)35/h4-5,11-12,14-15,18-19,25,28,31,40,44H,1-2,6-10,13,16-17,20-23H2,3H3,(H,42,43)/t25-,28+,31?,35-,36?/m0/s1. The van der Waals surface area contributed by atoms with E-state index in [-0.39, 0.29) is 22.8 Å². The second kappa shape index (κ2) is 13.6. The molecule has 2 unspecified atom stereocenters. The Kier molecular flexibility index (Phi) is 9.97. The zero-order valence-electron chi connectivity index (χ0n) is 26.1.